The summed E-state index contributed by atoms with van der Waals surface area (Å²) in [5.74, 6) is -0.894. The molecule has 1 N–H and O–H groups in total. The number of nitrogens with zero attached hydrogens (tertiary/aromatic N) is 2. The minimum Gasteiger partial charge on any atom is -0.481 e. The fraction of sp³-hybridized carbons (Fsp3) is 0.179. The van der Waals surface area contributed by atoms with Crippen LogP contribution in [0.1, 0.15) is 23.8 Å². The number of carboxylic acid groups (broad SMARTS) is 1. The Morgan fingerprint density at radius 1 is 1.00 bits per heavy atom. The maximum absolute atomic E-state index is 13.0. The number of hydrogen-bond acceptors (Lipinski definition) is 7. The van der Waals surface area contributed by atoms with Crippen molar-refractivity contribution in [1.29, 1.82) is 0 Å². The lowest BCUT2D eigenvalue weighted by molar-refractivity contribution is -0.136. The fourth-order valence-electron chi connectivity index (χ4n) is 4.00. The molecule has 0 atom stereocenters. The highest BCUT2D eigenvalue weighted by atomic mass is 35.5. The van der Waals surface area contributed by atoms with E-state index in [1.807, 2.05) is 0 Å². The molecule has 9 nitrogen and oxygen atoms in total. The first kappa shape index (κ1) is 27.9. The molecule has 0 aliphatic carbocycles. The van der Waals surface area contributed by atoms with E-state index in [1.165, 1.54) is 29.2 Å². The zero-order valence-electron chi connectivity index (χ0n) is 21.1. The van der Waals surface area contributed by atoms with E-state index in [1.54, 1.807) is 62.4 Å². The van der Waals surface area contributed by atoms with Gasteiger partial charge in [-0.05, 0) is 49.2 Å². The SMILES string of the molecule is CCOC(=O)N(c1ccccc1Cl)c1c(-c2ccc(CS(=O)(=O)c3ccc(CC(=O)O)cc3)cc2)noc1C. The summed E-state index contributed by atoms with van der Waals surface area (Å²) in [5.41, 5.74) is 2.72. The number of carbonyl (C=O) groups is 2. The van der Waals surface area contributed by atoms with Gasteiger partial charge < -0.3 is 14.4 Å². The topological polar surface area (TPSA) is 127 Å². The molecule has 202 valence electrons. The smallest absolute Gasteiger partial charge is 0.419 e. The molecule has 0 fully saturated rings. The van der Waals surface area contributed by atoms with Gasteiger partial charge in [0.25, 0.3) is 0 Å². The van der Waals surface area contributed by atoms with Gasteiger partial charge in [-0.2, -0.15) is 0 Å². The summed E-state index contributed by atoms with van der Waals surface area (Å²) in [7, 11) is -3.68. The Kier molecular flexibility index (Phi) is 8.37. The first-order valence-electron chi connectivity index (χ1n) is 11.9. The number of ether oxygens (including phenoxy) is 1. The van der Waals surface area contributed by atoms with Gasteiger partial charge in [0.15, 0.2) is 15.6 Å². The van der Waals surface area contributed by atoms with E-state index < -0.39 is 21.9 Å². The van der Waals surface area contributed by atoms with Gasteiger partial charge in [0.05, 0.1) is 34.4 Å². The Morgan fingerprint density at radius 2 is 1.64 bits per heavy atom. The molecule has 1 amide bonds. The number of aliphatic carboxylic acids is 1. The number of amides is 1. The molecule has 0 unspecified atom stereocenters. The van der Waals surface area contributed by atoms with Crippen LogP contribution in [0, 0.1) is 6.92 Å². The van der Waals surface area contributed by atoms with E-state index in [0.717, 1.165) is 0 Å². The van der Waals surface area contributed by atoms with Crippen molar-refractivity contribution in [2.75, 3.05) is 11.5 Å². The van der Waals surface area contributed by atoms with Crippen molar-refractivity contribution in [3.05, 3.63) is 94.7 Å². The van der Waals surface area contributed by atoms with Crippen LogP contribution in [0.2, 0.25) is 5.02 Å². The number of carboxylic acids is 1. The average molecular weight is 569 g/mol. The zero-order chi connectivity index (χ0) is 28.2. The van der Waals surface area contributed by atoms with E-state index in [2.05, 4.69) is 5.16 Å². The lowest BCUT2D eigenvalue weighted by Crippen LogP contribution is -2.27. The molecule has 3 aromatic carbocycles. The van der Waals surface area contributed by atoms with Gasteiger partial charge in [0.1, 0.15) is 11.4 Å². The van der Waals surface area contributed by atoms with Crippen molar-refractivity contribution in [1.82, 2.24) is 5.16 Å². The van der Waals surface area contributed by atoms with Crippen LogP contribution in [0.3, 0.4) is 0 Å². The van der Waals surface area contributed by atoms with Crippen molar-refractivity contribution in [3.63, 3.8) is 0 Å². The Bertz CT molecular complexity index is 1600. The van der Waals surface area contributed by atoms with E-state index in [0.29, 0.717) is 44.5 Å². The Hall–Kier alpha value is -4.15. The van der Waals surface area contributed by atoms with Gasteiger partial charge in [-0.25, -0.2) is 18.1 Å². The van der Waals surface area contributed by atoms with Gasteiger partial charge in [-0.15, -0.1) is 0 Å². The molecular weight excluding hydrogens is 544 g/mol. The van der Waals surface area contributed by atoms with Crippen molar-refractivity contribution in [2.45, 2.75) is 30.9 Å². The first-order valence-corrected chi connectivity index (χ1v) is 13.9. The van der Waals surface area contributed by atoms with Crippen LogP contribution < -0.4 is 4.90 Å². The maximum Gasteiger partial charge on any atom is 0.419 e. The number of aromatic nitrogens is 1. The maximum atomic E-state index is 13.0. The number of halogens is 1. The first-order chi connectivity index (χ1) is 18.6. The minimum absolute atomic E-state index is 0.0972. The molecule has 39 heavy (non-hydrogen) atoms. The normalized spacial score (nSPS) is 11.3. The summed E-state index contributed by atoms with van der Waals surface area (Å²) in [4.78, 5) is 25.3. The quantitative estimate of drug-likeness (QED) is 0.253. The molecule has 4 rings (SSSR count). The van der Waals surface area contributed by atoms with E-state index in [-0.39, 0.29) is 23.7 Å². The molecule has 0 saturated carbocycles. The van der Waals surface area contributed by atoms with E-state index >= 15 is 0 Å². The number of rotatable bonds is 9. The third kappa shape index (κ3) is 6.30. The van der Waals surface area contributed by atoms with E-state index in [4.69, 9.17) is 26.0 Å². The molecule has 0 radical (unpaired) electrons. The largest absolute Gasteiger partial charge is 0.481 e. The number of benzene rings is 3. The monoisotopic (exact) mass is 568 g/mol. The second kappa shape index (κ2) is 11.7. The number of carbonyl (C=O) groups excluding carboxylic acids is 1. The summed E-state index contributed by atoms with van der Waals surface area (Å²) >= 11 is 6.41. The van der Waals surface area contributed by atoms with Crippen LogP contribution in [0.15, 0.2) is 82.2 Å². The third-order valence-corrected chi connectivity index (χ3v) is 7.84. The number of hydrogen-bond donors (Lipinski definition) is 1. The van der Waals surface area contributed by atoms with Gasteiger partial charge in [0.2, 0.25) is 0 Å². The molecule has 1 aromatic heterocycles. The summed E-state index contributed by atoms with van der Waals surface area (Å²) in [6.07, 6.45) is -0.842. The Balaban J connectivity index is 1.63. The molecular formula is C28H25ClN2O7S. The van der Waals surface area contributed by atoms with Gasteiger partial charge in [-0.3, -0.25) is 4.79 Å². The fourth-order valence-corrected chi connectivity index (χ4v) is 5.57. The van der Waals surface area contributed by atoms with Crippen LogP contribution in [0.4, 0.5) is 16.2 Å². The molecule has 0 aliphatic rings. The van der Waals surface area contributed by atoms with Crippen LogP contribution in [0.5, 0.6) is 0 Å². The minimum atomic E-state index is -3.68. The highest BCUT2D eigenvalue weighted by molar-refractivity contribution is 7.90. The number of anilines is 2. The zero-order valence-corrected chi connectivity index (χ0v) is 22.7. The van der Waals surface area contributed by atoms with Crippen LogP contribution in [0.25, 0.3) is 11.3 Å². The van der Waals surface area contributed by atoms with Crippen LogP contribution >= 0.6 is 11.6 Å². The molecule has 11 heteroatoms. The van der Waals surface area contributed by atoms with Crippen molar-refractivity contribution in [2.24, 2.45) is 0 Å². The molecule has 4 aromatic rings. The summed E-state index contributed by atoms with van der Waals surface area (Å²) in [6.45, 7) is 3.50. The van der Waals surface area contributed by atoms with Gasteiger partial charge in [0, 0.05) is 5.56 Å². The van der Waals surface area contributed by atoms with E-state index in [9.17, 15) is 18.0 Å². The van der Waals surface area contributed by atoms with Gasteiger partial charge >= 0.3 is 12.1 Å². The average Bonchev–Trinajstić information content (AvgIpc) is 3.26. The number of aryl methyl sites for hydroxylation is 1. The molecule has 0 aliphatic heterocycles. The van der Waals surface area contributed by atoms with Gasteiger partial charge in [-0.1, -0.05) is 65.3 Å². The third-order valence-electron chi connectivity index (χ3n) is 5.82. The standard InChI is InChI=1S/C28H25ClN2O7S/c1-3-37-28(34)31(24-7-5-4-6-23(24)29)27-18(2)38-30-26(27)21-12-8-20(9-13-21)17-39(35,36)22-14-10-19(11-15-22)16-25(32)33/h4-15H,3,16-17H2,1-2H3,(H,32,33). The van der Waals surface area contributed by atoms with Crippen molar-refractivity contribution >= 4 is 44.9 Å². The van der Waals surface area contributed by atoms with Crippen molar-refractivity contribution in [3.8, 4) is 11.3 Å². The molecule has 1 heterocycles. The second-order valence-electron chi connectivity index (χ2n) is 8.59. The predicted molar refractivity (Wildman–Crippen MR) is 146 cm³/mol. The lowest BCUT2D eigenvalue weighted by atomic mass is 10.1. The Labute approximate surface area is 230 Å². The summed E-state index contributed by atoms with van der Waals surface area (Å²) in [5, 5.41) is 13.4. The molecule has 0 bridgehead atoms. The predicted octanol–water partition coefficient (Wildman–Crippen LogP) is 6.20. The molecule has 0 saturated heterocycles. The highest BCUT2D eigenvalue weighted by Crippen LogP contribution is 2.40. The highest BCUT2D eigenvalue weighted by Gasteiger charge is 2.30. The Morgan fingerprint density at radius 3 is 2.26 bits per heavy atom. The summed E-state index contributed by atoms with van der Waals surface area (Å²) < 4.78 is 36.6. The number of para-hydroxylation sites is 1. The second-order valence-corrected chi connectivity index (χ2v) is 11.0. The number of sulfone groups is 1. The van der Waals surface area contributed by atoms with Crippen LogP contribution in [-0.2, 0) is 31.5 Å². The summed E-state index contributed by atoms with van der Waals surface area (Å²) in [6, 6.07) is 19.3. The van der Waals surface area contributed by atoms with Crippen molar-refractivity contribution < 1.29 is 32.4 Å². The lowest BCUT2D eigenvalue weighted by Gasteiger charge is -2.23. The van der Waals surface area contributed by atoms with Crippen LogP contribution in [-0.4, -0.2) is 37.4 Å². The molecule has 0 spiro atoms.